The number of hydrogen-bond donors (Lipinski definition) is 1. The highest BCUT2D eigenvalue weighted by Gasteiger charge is 2.14. The van der Waals surface area contributed by atoms with Crippen LogP contribution in [0.3, 0.4) is 0 Å². The van der Waals surface area contributed by atoms with Gasteiger partial charge in [-0.1, -0.05) is 48.5 Å². The van der Waals surface area contributed by atoms with Gasteiger partial charge in [0, 0.05) is 5.56 Å². The number of carbonyl (C=O) groups is 1. The first kappa shape index (κ1) is 18.3. The molecule has 4 nitrogen and oxygen atoms in total. The number of rotatable bonds is 6. The highest BCUT2D eigenvalue weighted by atomic mass is 16.5. The molecule has 0 spiro atoms. The van der Waals surface area contributed by atoms with Gasteiger partial charge in [0.25, 0.3) is 5.91 Å². The Morgan fingerprint density at radius 1 is 1.08 bits per heavy atom. The molecule has 1 N–H and O–H groups in total. The van der Waals surface area contributed by atoms with Crippen LogP contribution in [0.5, 0.6) is 5.75 Å². The quantitative estimate of drug-likeness (QED) is 0.634. The average molecular weight is 334 g/mol. The van der Waals surface area contributed by atoms with Gasteiger partial charge >= 0.3 is 0 Å². The van der Waals surface area contributed by atoms with E-state index in [4.69, 9.17) is 4.74 Å². The summed E-state index contributed by atoms with van der Waals surface area (Å²) in [6, 6.07) is 18.8. The number of nitrogens with zero attached hydrogens (tertiary/aromatic N) is 1. The van der Waals surface area contributed by atoms with Gasteiger partial charge < -0.3 is 10.1 Å². The Balaban J connectivity index is 2.20. The van der Waals surface area contributed by atoms with E-state index in [0.717, 1.165) is 5.56 Å². The lowest BCUT2D eigenvalue weighted by Gasteiger charge is -2.14. The fourth-order valence-electron chi connectivity index (χ4n) is 2.36. The molecule has 1 unspecified atom stereocenters. The molecular weight excluding hydrogens is 312 g/mol. The van der Waals surface area contributed by atoms with E-state index in [0.29, 0.717) is 11.3 Å². The van der Waals surface area contributed by atoms with E-state index < -0.39 is 5.91 Å². The Kier molecular flexibility index (Phi) is 6.36. The van der Waals surface area contributed by atoms with Crippen molar-refractivity contribution in [3.05, 3.63) is 71.3 Å². The van der Waals surface area contributed by atoms with Crippen molar-refractivity contribution in [2.75, 3.05) is 0 Å². The third-order valence-electron chi connectivity index (χ3n) is 3.59. The van der Waals surface area contributed by atoms with Crippen LogP contribution in [-0.2, 0) is 4.79 Å². The summed E-state index contributed by atoms with van der Waals surface area (Å²) in [5.41, 5.74) is 1.73. The van der Waals surface area contributed by atoms with Crippen LogP contribution < -0.4 is 10.1 Å². The summed E-state index contributed by atoms with van der Waals surface area (Å²) in [5.74, 6) is 0.243. The Morgan fingerprint density at radius 3 is 2.36 bits per heavy atom. The number of nitriles is 1. The third-order valence-corrected chi connectivity index (χ3v) is 3.59. The lowest BCUT2D eigenvalue weighted by molar-refractivity contribution is -0.117. The van der Waals surface area contributed by atoms with Crippen LogP contribution in [0.15, 0.2) is 60.2 Å². The van der Waals surface area contributed by atoms with Gasteiger partial charge in [0.1, 0.15) is 17.4 Å². The first-order chi connectivity index (χ1) is 12.0. The average Bonchev–Trinajstić information content (AvgIpc) is 2.61. The number of ether oxygens (including phenoxy) is 1. The second-order valence-electron chi connectivity index (χ2n) is 5.98. The zero-order chi connectivity index (χ0) is 18.2. The summed E-state index contributed by atoms with van der Waals surface area (Å²) >= 11 is 0. The van der Waals surface area contributed by atoms with Gasteiger partial charge in [-0.05, 0) is 38.5 Å². The number of nitrogens with one attached hydrogen (secondary N) is 1. The molecule has 1 amide bonds. The van der Waals surface area contributed by atoms with Crippen molar-refractivity contribution in [2.45, 2.75) is 32.9 Å². The molecule has 2 aromatic carbocycles. The normalized spacial score (nSPS) is 12.4. The molecule has 2 rings (SSSR count). The summed E-state index contributed by atoms with van der Waals surface area (Å²) in [4.78, 5) is 12.5. The monoisotopic (exact) mass is 334 g/mol. The first-order valence-electron chi connectivity index (χ1n) is 8.24. The summed E-state index contributed by atoms with van der Waals surface area (Å²) in [7, 11) is 0. The smallest absolute Gasteiger partial charge is 0.262 e. The maximum absolute atomic E-state index is 12.5. The van der Waals surface area contributed by atoms with Crippen LogP contribution >= 0.6 is 0 Å². The van der Waals surface area contributed by atoms with Crippen molar-refractivity contribution in [3.63, 3.8) is 0 Å². The lowest BCUT2D eigenvalue weighted by Crippen LogP contribution is -2.27. The largest absolute Gasteiger partial charge is 0.490 e. The second-order valence-corrected chi connectivity index (χ2v) is 5.98. The van der Waals surface area contributed by atoms with Gasteiger partial charge in [-0.15, -0.1) is 0 Å². The van der Waals surface area contributed by atoms with Crippen LogP contribution in [0, 0.1) is 11.3 Å². The number of para-hydroxylation sites is 1. The molecule has 0 aliphatic heterocycles. The highest BCUT2D eigenvalue weighted by Crippen LogP contribution is 2.22. The minimum atomic E-state index is -0.404. The Morgan fingerprint density at radius 2 is 1.72 bits per heavy atom. The summed E-state index contributed by atoms with van der Waals surface area (Å²) in [6.45, 7) is 5.75. The maximum Gasteiger partial charge on any atom is 0.262 e. The van der Waals surface area contributed by atoms with Crippen LogP contribution in [0.25, 0.3) is 6.08 Å². The molecule has 0 radical (unpaired) electrons. The van der Waals surface area contributed by atoms with Crippen LogP contribution in [0.4, 0.5) is 0 Å². The lowest BCUT2D eigenvalue weighted by atomic mass is 10.1. The fourth-order valence-corrected chi connectivity index (χ4v) is 2.36. The molecule has 25 heavy (non-hydrogen) atoms. The van der Waals surface area contributed by atoms with E-state index in [1.807, 2.05) is 81.4 Å². The van der Waals surface area contributed by atoms with Crippen molar-refractivity contribution < 1.29 is 9.53 Å². The molecule has 2 aromatic rings. The molecule has 0 bridgehead atoms. The minimum absolute atomic E-state index is 0.00650. The predicted octanol–water partition coefficient (Wildman–Crippen LogP) is 4.26. The van der Waals surface area contributed by atoms with Crippen LogP contribution in [0.1, 0.15) is 37.9 Å². The second kappa shape index (κ2) is 8.70. The Bertz CT molecular complexity index is 789. The van der Waals surface area contributed by atoms with Crippen molar-refractivity contribution >= 4 is 12.0 Å². The van der Waals surface area contributed by atoms with Gasteiger partial charge in [-0.25, -0.2) is 0 Å². The summed E-state index contributed by atoms with van der Waals surface area (Å²) < 4.78 is 5.74. The van der Waals surface area contributed by atoms with Gasteiger partial charge in [-0.2, -0.15) is 5.26 Å². The highest BCUT2D eigenvalue weighted by molar-refractivity contribution is 6.02. The topological polar surface area (TPSA) is 62.1 Å². The molecular formula is C21H22N2O2. The number of amides is 1. The molecule has 0 aliphatic rings. The molecule has 1 atom stereocenters. The van der Waals surface area contributed by atoms with Gasteiger partial charge in [-0.3, -0.25) is 4.79 Å². The molecule has 0 saturated heterocycles. The van der Waals surface area contributed by atoms with Crippen molar-refractivity contribution in [1.29, 1.82) is 5.26 Å². The summed E-state index contributed by atoms with van der Waals surface area (Å²) in [5, 5.41) is 12.3. The van der Waals surface area contributed by atoms with Crippen molar-refractivity contribution in [3.8, 4) is 11.8 Å². The van der Waals surface area contributed by atoms with Crippen molar-refractivity contribution in [2.24, 2.45) is 0 Å². The first-order valence-corrected chi connectivity index (χ1v) is 8.24. The maximum atomic E-state index is 12.5. The van der Waals surface area contributed by atoms with E-state index in [2.05, 4.69) is 5.32 Å². The molecule has 0 heterocycles. The minimum Gasteiger partial charge on any atom is -0.490 e. The number of hydrogen-bond acceptors (Lipinski definition) is 3. The molecule has 0 fully saturated rings. The third kappa shape index (κ3) is 5.22. The molecule has 4 heteroatoms. The van der Waals surface area contributed by atoms with Crippen LogP contribution in [-0.4, -0.2) is 12.0 Å². The SMILES string of the molecule is CC(C)Oc1ccccc1/C=C(\C#N)C(=O)NC(C)c1ccccc1. The van der Waals surface area contributed by atoms with Gasteiger partial charge in [0.05, 0.1) is 12.1 Å². The van der Waals surface area contributed by atoms with E-state index in [-0.39, 0.29) is 17.7 Å². The number of benzene rings is 2. The van der Waals surface area contributed by atoms with Crippen LogP contribution in [0.2, 0.25) is 0 Å². The zero-order valence-electron chi connectivity index (χ0n) is 14.7. The van der Waals surface area contributed by atoms with E-state index >= 15 is 0 Å². The fraction of sp³-hybridized carbons (Fsp3) is 0.238. The van der Waals surface area contributed by atoms with E-state index in [1.165, 1.54) is 0 Å². The molecule has 0 aliphatic carbocycles. The van der Waals surface area contributed by atoms with E-state index in [1.54, 1.807) is 6.08 Å². The molecule has 128 valence electrons. The number of carbonyl (C=O) groups excluding carboxylic acids is 1. The van der Waals surface area contributed by atoms with Gasteiger partial charge in [0.2, 0.25) is 0 Å². The standard InChI is InChI=1S/C21H22N2O2/c1-15(2)25-20-12-8-7-11-18(20)13-19(14-22)21(24)23-16(3)17-9-5-4-6-10-17/h4-13,15-16H,1-3H3,(H,23,24)/b19-13+. The molecule has 0 saturated carbocycles. The zero-order valence-corrected chi connectivity index (χ0v) is 14.7. The Labute approximate surface area is 148 Å². The van der Waals surface area contributed by atoms with E-state index in [9.17, 15) is 10.1 Å². The predicted molar refractivity (Wildman–Crippen MR) is 98.8 cm³/mol. The summed E-state index contributed by atoms with van der Waals surface area (Å²) in [6.07, 6.45) is 1.57. The van der Waals surface area contributed by atoms with Gasteiger partial charge in [0.15, 0.2) is 0 Å². The Hall–Kier alpha value is -3.06. The molecule has 0 aromatic heterocycles. The van der Waals surface area contributed by atoms with Crippen molar-refractivity contribution in [1.82, 2.24) is 5.32 Å².